The van der Waals surface area contributed by atoms with E-state index < -0.39 is 32.3 Å². The Balaban J connectivity index is 2.00. The Morgan fingerprint density at radius 3 is 2.62 bits per heavy atom. The maximum Gasteiger partial charge on any atom is 0.338 e. The molecule has 1 heterocycles. The molecule has 3 aromatic rings. The number of halogens is 1. The average molecular weight is 374 g/mol. The summed E-state index contributed by atoms with van der Waals surface area (Å²) < 4.78 is 40.9. The molecule has 0 aliphatic rings. The van der Waals surface area contributed by atoms with E-state index in [0.29, 0.717) is 5.56 Å². The molecule has 134 valence electrons. The van der Waals surface area contributed by atoms with E-state index in [2.05, 4.69) is 4.98 Å². The summed E-state index contributed by atoms with van der Waals surface area (Å²) in [7, 11) is -2.90. The van der Waals surface area contributed by atoms with Crippen molar-refractivity contribution in [1.82, 2.24) is 9.29 Å². The second kappa shape index (κ2) is 6.81. The van der Waals surface area contributed by atoms with Crippen LogP contribution in [0.2, 0.25) is 0 Å². The number of benzene rings is 2. The van der Waals surface area contributed by atoms with Crippen molar-refractivity contribution in [3.05, 3.63) is 71.7 Å². The molecule has 0 saturated carbocycles. The highest BCUT2D eigenvalue weighted by molar-refractivity contribution is 7.89. The average Bonchev–Trinajstić information content (AvgIpc) is 2.61. The minimum Gasteiger partial charge on any atom is -0.478 e. The van der Waals surface area contributed by atoms with Crippen LogP contribution in [0.4, 0.5) is 4.39 Å². The Bertz CT molecular complexity index is 1090. The lowest BCUT2D eigenvalue weighted by Gasteiger charge is -2.19. The molecule has 0 amide bonds. The van der Waals surface area contributed by atoms with Gasteiger partial charge in [0, 0.05) is 25.2 Å². The van der Waals surface area contributed by atoms with Crippen LogP contribution in [0.25, 0.3) is 10.9 Å². The highest BCUT2D eigenvalue weighted by Gasteiger charge is 2.27. The molecule has 0 aliphatic carbocycles. The summed E-state index contributed by atoms with van der Waals surface area (Å²) in [6.07, 6.45) is 1.64. The molecule has 8 heteroatoms. The first-order valence-corrected chi connectivity index (χ1v) is 9.07. The largest absolute Gasteiger partial charge is 0.478 e. The fourth-order valence-corrected chi connectivity index (χ4v) is 3.90. The molecule has 0 spiro atoms. The van der Waals surface area contributed by atoms with E-state index >= 15 is 0 Å². The number of hydrogen-bond acceptors (Lipinski definition) is 4. The summed E-state index contributed by atoms with van der Waals surface area (Å²) in [4.78, 5) is 14.6. The summed E-state index contributed by atoms with van der Waals surface area (Å²) in [5, 5.41) is 9.78. The van der Waals surface area contributed by atoms with Crippen molar-refractivity contribution < 1.29 is 22.7 Å². The molecule has 0 aliphatic heterocycles. The van der Waals surface area contributed by atoms with Crippen LogP contribution in [0, 0.1) is 5.82 Å². The lowest BCUT2D eigenvalue weighted by atomic mass is 10.1. The third-order valence-corrected chi connectivity index (χ3v) is 5.83. The molecule has 0 radical (unpaired) electrons. The van der Waals surface area contributed by atoms with Gasteiger partial charge in [0.15, 0.2) is 5.82 Å². The molecule has 0 unspecified atom stereocenters. The third-order valence-electron chi connectivity index (χ3n) is 4.01. The topological polar surface area (TPSA) is 87.6 Å². The number of rotatable bonds is 5. The zero-order valence-corrected chi connectivity index (χ0v) is 14.6. The van der Waals surface area contributed by atoms with E-state index in [4.69, 9.17) is 5.11 Å². The van der Waals surface area contributed by atoms with Crippen LogP contribution in [0.5, 0.6) is 0 Å². The predicted molar refractivity (Wildman–Crippen MR) is 93.8 cm³/mol. The predicted octanol–water partition coefficient (Wildman–Crippen LogP) is 2.89. The first-order valence-electron chi connectivity index (χ1n) is 7.63. The van der Waals surface area contributed by atoms with Crippen LogP contribution in [-0.4, -0.2) is 35.8 Å². The van der Waals surface area contributed by atoms with Crippen molar-refractivity contribution in [3.63, 3.8) is 0 Å². The van der Waals surface area contributed by atoms with Crippen LogP contribution in [0.1, 0.15) is 15.9 Å². The number of sulfonamides is 1. The van der Waals surface area contributed by atoms with Gasteiger partial charge in [0.2, 0.25) is 10.0 Å². The van der Waals surface area contributed by atoms with E-state index in [-0.39, 0.29) is 6.54 Å². The van der Waals surface area contributed by atoms with Crippen molar-refractivity contribution >= 4 is 26.9 Å². The summed E-state index contributed by atoms with van der Waals surface area (Å²) in [5.41, 5.74) is 0.736. The van der Waals surface area contributed by atoms with Gasteiger partial charge in [-0.15, -0.1) is 0 Å². The fraction of sp³-hybridized carbons (Fsp3) is 0.111. The normalized spacial score (nSPS) is 11.8. The van der Waals surface area contributed by atoms with Crippen LogP contribution >= 0.6 is 0 Å². The number of hydrogen-bond donors (Lipinski definition) is 1. The van der Waals surface area contributed by atoms with E-state index in [0.717, 1.165) is 27.3 Å². The number of carboxylic acids is 1. The summed E-state index contributed by atoms with van der Waals surface area (Å²) in [5.74, 6) is -2.80. The number of aromatic nitrogens is 1. The van der Waals surface area contributed by atoms with E-state index in [1.807, 2.05) is 12.1 Å². The molecular weight excluding hydrogens is 359 g/mol. The highest BCUT2D eigenvalue weighted by Crippen LogP contribution is 2.24. The van der Waals surface area contributed by atoms with Gasteiger partial charge in [0.05, 0.1) is 11.1 Å². The first kappa shape index (κ1) is 18.0. The fourth-order valence-electron chi connectivity index (χ4n) is 2.67. The van der Waals surface area contributed by atoms with Crippen LogP contribution in [0.15, 0.2) is 59.6 Å². The summed E-state index contributed by atoms with van der Waals surface area (Å²) >= 11 is 0. The van der Waals surface area contributed by atoms with Crippen molar-refractivity contribution in [1.29, 1.82) is 0 Å². The summed E-state index contributed by atoms with van der Waals surface area (Å²) in [6, 6.07) is 12.2. The number of pyridine rings is 1. The maximum absolute atomic E-state index is 14.4. The standard InChI is InChI=1S/C18H15FN2O4S/c1-21(11-12-5-2-8-15-13(12)7-4-10-20-15)26(24,25)16-9-3-6-14(17(16)19)18(22)23/h2-10H,11H2,1H3,(H,22,23). The Kier molecular flexibility index (Phi) is 4.71. The van der Waals surface area contributed by atoms with E-state index in [1.54, 1.807) is 24.4 Å². The van der Waals surface area contributed by atoms with Gasteiger partial charge in [-0.05, 0) is 29.8 Å². The minimum absolute atomic E-state index is 0.0118. The first-order chi connectivity index (χ1) is 12.3. The van der Waals surface area contributed by atoms with Crippen molar-refractivity contribution in [2.75, 3.05) is 7.05 Å². The van der Waals surface area contributed by atoms with E-state index in [9.17, 15) is 17.6 Å². The monoisotopic (exact) mass is 374 g/mol. The van der Waals surface area contributed by atoms with Gasteiger partial charge < -0.3 is 5.11 Å². The smallest absolute Gasteiger partial charge is 0.338 e. The molecular formula is C18H15FN2O4S. The SMILES string of the molecule is CN(Cc1cccc2ncccc12)S(=O)(=O)c1cccc(C(=O)O)c1F. The molecule has 0 bridgehead atoms. The van der Waals surface area contributed by atoms with Gasteiger partial charge >= 0.3 is 5.97 Å². The number of fused-ring (bicyclic) bond motifs is 1. The Hall–Kier alpha value is -2.84. The summed E-state index contributed by atoms with van der Waals surface area (Å²) in [6.45, 7) is -0.0118. The molecule has 3 rings (SSSR count). The molecule has 1 aromatic heterocycles. The van der Waals surface area contributed by atoms with Gasteiger partial charge in [0.1, 0.15) is 4.90 Å². The lowest BCUT2D eigenvalue weighted by Crippen LogP contribution is -2.28. The van der Waals surface area contributed by atoms with Crippen molar-refractivity contribution in [2.24, 2.45) is 0 Å². The van der Waals surface area contributed by atoms with Gasteiger partial charge in [-0.3, -0.25) is 4.98 Å². The lowest BCUT2D eigenvalue weighted by molar-refractivity contribution is 0.0691. The van der Waals surface area contributed by atoms with Crippen LogP contribution < -0.4 is 0 Å². The van der Waals surface area contributed by atoms with Gasteiger partial charge in [-0.2, -0.15) is 4.31 Å². The molecule has 0 saturated heterocycles. The molecule has 1 N–H and O–H groups in total. The number of nitrogens with zero attached hydrogens (tertiary/aromatic N) is 2. The second-order valence-corrected chi connectivity index (χ2v) is 7.68. The van der Waals surface area contributed by atoms with Gasteiger partial charge in [0.25, 0.3) is 0 Å². The second-order valence-electron chi connectivity index (χ2n) is 5.67. The number of carbonyl (C=O) groups is 1. The zero-order chi connectivity index (χ0) is 18.9. The maximum atomic E-state index is 14.4. The Morgan fingerprint density at radius 1 is 1.15 bits per heavy atom. The van der Waals surface area contributed by atoms with Crippen molar-refractivity contribution in [3.8, 4) is 0 Å². The quantitative estimate of drug-likeness (QED) is 0.742. The molecule has 26 heavy (non-hydrogen) atoms. The molecule has 0 fully saturated rings. The molecule has 0 atom stereocenters. The van der Waals surface area contributed by atoms with Gasteiger partial charge in [-0.25, -0.2) is 17.6 Å². The van der Waals surface area contributed by atoms with Crippen LogP contribution in [-0.2, 0) is 16.6 Å². The Labute approximate surface area is 149 Å². The number of carboxylic acid groups (broad SMARTS) is 1. The molecule has 2 aromatic carbocycles. The van der Waals surface area contributed by atoms with Gasteiger partial charge in [-0.1, -0.05) is 24.3 Å². The van der Waals surface area contributed by atoms with Crippen LogP contribution in [0.3, 0.4) is 0 Å². The van der Waals surface area contributed by atoms with Crippen molar-refractivity contribution in [2.45, 2.75) is 11.4 Å². The Morgan fingerprint density at radius 2 is 1.88 bits per heavy atom. The highest BCUT2D eigenvalue weighted by atomic mass is 32.2. The van der Waals surface area contributed by atoms with E-state index in [1.165, 1.54) is 13.1 Å². The number of aromatic carboxylic acids is 1. The molecule has 6 nitrogen and oxygen atoms in total. The third kappa shape index (κ3) is 3.16. The zero-order valence-electron chi connectivity index (χ0n) is 13.8. The minimum atomic E-state index is -4.22.